The lowest BCUT2D eigenvalue weighted by atomic mass is 10.5. The second kappa shape index (κ2) is 13.1. The highest BCUT2D eigenvalue weighted by molar-refractivity contribution is 8.14. The van der Waals surface area contributed by atoms with Gasteiger partial charge in [0.2, 0.25) is 0 Å². The van der Waals surface area contributed by atoms with Gasteiger partial charge in [0.25, 0.3) is 0 Å². The summed E-state index contributed by atoms with van der Waals surface area (Å²) in [5.41, 5.74) is 16.7. The van der Waals surface area contributed by atoms with E-state index in [4.69, 9.17) is 17.2 Å². The average molecular weight is 345 g/mol. The topological polar surface area (TPSA) is 123 Å². The van der Waals surface area contributed by atoms with Gasteiger partial charge in [0, 0.05) is 24.6 Å². The molecule has 0 heterocycles. The number of rotatable bonds is 10. The minimum absolute atomic E-state index is 0.468. The standard InChI is InChI=1S/C13H24N6OS2/c1-3-5-17-11(14)21-9-7-19(13(16)20)8-10-22-12(15)18-6-4-2/h3-4H,1-2,5-10H2,(H2,14,17)(H2,15,18)(H2,16,20). The van der Waals surface area contributed by atoms with E-state index in [0.29, 0.717) is 48.0 Å². The minimum atomic E-state index is -0.468. The van der Waals surface area contributed by atoms with Gasteiger partial charge in [-0.3, -0.25) is 9.98 Å². The number of urea groups is 1. The fourth-order valence-corrected chi connectivity index (χ4v) is 2.63. The van der Waals surface area contributed by atoms with Crippen molar-refractivity contribution in [2.45, 2.75) is 0 Å². The number of primary amides is 1. The lowest BCUT2D eigenvalue weighted by Gasteiger charge is -2.19. The van der Waals surface area contributed by atoms with Crippen LogP contribution in [0.5, 0.6) is 0 Å². The Kier molecular flexibility index (Phi) is 12.1. The lowest BCUT2D eigenvalue weighted by molar-refractivity contribution is 0.214. The molecule has 0 aromatic carbocycles. The Morgan fingerprint density at radius 2 is 1.36 bits per heavy atom. The van der Waals surface area contributed by atoms with Crippen LogP contribution >= 0.6 is 23.5 Å². The van der Waals surface area contributed by atoms with Crippen molar-refractivity contribution in [2.75, 3.05) is 37.7 Å². The Balaban J connectivity index is 4.09. The number of carbonyl (C=O) groups excluding carboxylic acids is 1. The number of hydrogen-bond donors (Lipinski definition) is 3. The maximum Gasteiger partial charge on any atom is 0.314 e. The number of nitrogens with zero attached hydrogens (tertiary/aromatic N) is 3. The number of carbonyl (C=O) groups is 1. The summed E-state index contributed by atoms with van der Waals surface area (Å²) < 4.78 is 0. The zero-order valence-corrected chi connectivity index (χ0v) is 14.2. The maximum absolute atomic E-state index is 11.4. The number of hydrogen-bond acceptors (Lipinski definition) is 5. The summed E-state index contributed by atoms with van der Waals surface area (Å²) >= 11 is 2.75. The molecule has 0 spiro atoms. The van der Waals surface area contributed by atoms with Gasteiger partial charge in [-0.1, -0.05) is 35.7 Å². The van der Waals surface area contributed by atoms with Crippen LogP contribution in [0.1, 0.15) is 0 Å². The predicted octanol–water partition coefficient (Wildman–Crippen LogP) is 0.835. The van der Waals surface area contributed by atoms with Crippen LogP contribution < -0.4 is 17.2 Å². The van der Waals surface area contributed by atoms with Crippen molar-refractivity contribution in [1.29, 1.82) is 0 Å². The molecule has 9 heteroatoms. The molecule has 0 radical (unpaired) electrons. The van der Waals surface area contributed by atoms with E-state index in [1.165, 1.54) is 23.5 Å². The fourth-order valence-electron chi connectivity index (χ4n) is 1.25. The van der Waals surface area contributed by atoms with Gasteiger partial charge in [-0.15, -0.1) is 13.2 Å². The minimum Gasteiger partial charge on any atom is -0.379 e. The first-order chi connectivity index (χ1) is 10.5. The summed E-state index contributed by atoms with van der Waals surface area (Å²) in [7, 11) is 0. The molecule has 0 rings (SSSR count). The molecule has 7 nitrogen and oxygen atoms in total. The highest BCUT2D eigenvalue weighted by Gasteiger charge is 2.10. The normalized spacial score (nSPS) is 12.0. The van der Waals surface area contributed by atoms with Crippen molar-refractivity contribution in [3.05, 3.63) is 25.3 Å². The lowest BCUT2D eigenvalue weighted by Crippen LogP contribution is -2.39. The highest BCUT2D eigenvalue weighted by Crippen LogP contribution is 2.05. The third-order valence-electron chi connectivity index (χ3n) is 2.29. The first kappa shape index (κ1) is 20.4. The van der Waals surface area contributed by atoms with Gasteiger partial charge >= 0.3 is 6.03 Å². The third-order valence-corrected chi connectivity index (χ3v) is 3.91. The first-order valence-corrected chi connectivity index (χ1v) is 8.60. The summed E-state index contributed by atoms with van der Waals surface area (Å²) in [6, 6.07) is -0.468. The molecule has 0 aliphatic carbocycles. The zero-order chi connectivity index (χ0) is 16.8. The molecular formula is C13H24N6OS2. The number of aliphatic imine (C=N–C) groups is 2. The molecule has 0 unspecified atom stereocenters. The Labute approximate surface area is 140 Å². The van der Waals surface area contributed by atoms with E-state index >= 15 is 0 Å². The van der Waals surface area contributed by atoms with E-state index < -0.39 is 6.03 Å². The summed E-state index contributed by atoms with van der Waals surface area (Å²) in [6.45, 7) is 9.08. The Bertz CT molecular complexity index is 393. The number of amides is 2. The van der Waals surface area contributed by atoms with E-state index in [1.54, 1.807) is 17.1 Å². The van der Waals surface area contributed by atoms with Crippen LogP contribution in [0.3, 0.4) is 0 Å². The van der Waals surface area contributed by atoms with Crippen molar-refractivity contribution in [2.24, 2.45) is 27.2 Å². The Morgan fingerprint density at radius 1 is 0.955 bits per heavy atom. The van der Waals surface area contributed by atoms with Crippen molar-refractivity contribution in [3.63, 3.8) is 0 Å². The summed E-state index contributed by atoms with van der Waals surface area (Å²) in [5, 5.41) is 0.944. The molecule has 22 heavy (non-hydrogen) atoms. The number of thioether (sulfide) groups is 2. The van der Waals surface area contributed by atoms with Crippen LogP contribution in [-0.2, 0) is 0 Å². The fraction of sp³-hybridized carbons (Fsp3) is 0.462. The van der Waals surface area contributed by atoms with Crippen molar-refractivity contribution < 1.29 is 4.79 Å². The van der Waals surface area contributed by atoms with Crippen LogP contribution in [0, 0.1) is 0 Å². The van der Waals surface area contributed by atoms with Gasteiger partial charge in [0.05, 0.1) is 13.1 Å². The molecule has 0 saturated carbocycles. The molecule has 0 saturated heterocycles. The molecule has 0 aliphatic rings. The third kappa shape index (κ3) is 11.1. The monoisotopic (exact) mass is 344 g/mol. The largest absolute Gasteiger partial charge is 0.379 e. The van der Waals surface area contributed by atoms with Crippen LogP contribution in [0.15, 0.2) is 35.3 Å². The van der Waals surface area contributed by atoms with Crippen LogP contribution in [0.4, 0.5) is 4.79 Å². The van der Waals surface area contributed by atoms with Crippen molar-refractivity contribution in [3.8, 4) is 0 Å². The highest BCUT2D eigenvalue weighted by atomic mass is 32.2. The van der Waals surface area contributed by atoms with E-state index in [1.807, 2.05) is 0 Å². The van der Waals surface area contributed by atoms with E-state index in [2.05, 4.69) is 23.1 Å². The quantitative estimate of drug-likeness (QED) is 0.308. The number of amidine groups is 2. The molecule has 0 fully saturated rings. The van der Waals surface area contributed by atoms with Gasteiger partial charge in [-0.2, -0.15) is 0 Å². The smallest absolute Gasteiger partial charge is 0.314 e. The van der Waals surface area contributed by atoms with Gasteiger partial charge in [-0.25, -0.2) is 4.79 Å². The molecule has 0 bridgehead atoms. The van der Waals surface area contributed by atoms with Crippen molar-refractivity contribution >= 4 is 39.9 Å². The SMILES string of the molecule is C=CCN=C(N)SCCN(CCSC(N)=NCC=C)C(N)=O. The Morgan fingerprint density at radius 3 is 1.68 bits per heavy atom. The Hall–Kier alpha value is -1.61. The molecule has 0 aromatic heterocycles. The molecule has 0 aromatic rings. The first-order valence-electron chi connectivity index (χ1n) is 6.62. The van der Waals surface area contributed by atoms with Gasteiger partial charge in [0.15, 0.2) is 10.3 Å². The summed E-state index contributed by atoms with van der Waals surface area (Å²) in [6.07, 6.45) is 3.33. The average Bonchev–Trinajstić information content (AvgIpc) is 2.49. The van der Waals surface area contributed by atoms with Gasteiger partial charge < -0.3 is 22.1 Å². The summed E-state index contributed by atoms with van der Waals surface area (Å²) in [5.74, 6) is 1.25. The van der Waals surface area contributed by atoms with E-state index in [0.717, 1.165) is 0 Å². The molecule has 124 valence electrons. The van der Waals surface area contributed by atoms with Crippen LogP contribution in [0.25, 0.3) is 0 Å². The zero-order valence-electron chi connectivity index (χ0n) is 12.6. The molecule has 6 N–H and O–H groups in total. The number of nitrogens with two attached hydrogens (primary N) is 3. The maximum atomic E-state index is 11.4. The van der Waals surface area contributed by atoms with Crippen LogP contribution in [-0.4, -0.2) is 59.0 Å². The van der Waals surface area contributed by atoms with Crippen LogP contribution in [0.2, 0.25) is 0 Å². The second-order valence-corrected chi connectivity index (χ2v) is 6.19. The summed E-state index contributed by atoms with van der Waals surface area (Å²) in [4.78, 5) is 21.0. The molecule has 0 aliphatic heterocycles. The van der Waals surface area contributed by atoms with Gasteiger partial charge in [-0.05, 0) is 0 Å². The molecular weight excluding hydrogens is 320 g/mol. The second-order valence-electron chi connectivity index (χ2n) is 3.96. The molecule has 0 atom stereocenters. The van der Waals surface area contributed by atoms with Crippen molar-refractivity contribution in [1.82, 2.24) is 4.90 Å². The van der Waals surface area contributed by atoms with Gasteiger partial charge in [0.1, 0.15) is 0 Å². The molecule has 2 amide bonds. The van der Waals surface area contributed by atoms with E-state index in [-0.39, 0.29) is 0 Å². The predicted molar refractivity (Wildman–Crippen MR) is 99.4 cm³/mol. The van der Waals surface area contributed by atoms with E-state index in [9.17, 15) is 4.79 Å².